The van der Waals surface area contributed by atoms with E-state index in [1.807, 2.05) is 45.0 Å². The number of anilines is 2. The molecule has 2 heterocycles. The van der Waals surface area contributed by atoms with Gasteiger partial charge in [0.1, 0.15) is 18.0 Å². The number of amides is 1. The van der Waals surface area contributed by atoms with Crippen LogP contribution in [0.1, 0.15) is 20.8 Å². The summed E-state index contributed by atoms with van der Waals surface area (Å²) < 4.78 is 20.6. The van der Waals surface area contributed by atoms with Gasteiger partial charge in [0, 0.05) is 37.6 Å². The summed E-state index contributed by atoms with van der Waals surface area (Å²) in [6, 6.07) is 7.56. The summed E-state index contributed by atoms with van der Waals surface area (Å²) in [7, 11) is 2.51. The zero-order valence-corrected chi connectivity index (χ0v) is 19.8. The molecule has 0 spiro atoms. The van der Waals surface area contributed by atoms with Crippen molar-refractivity contribution in [3.8, 4) is 0 Å². The SMILES string of the molecule is COC(=O)C1=C(C(=O)OC)N(c2ccc(N3CCN(C(=O)OC(C)(C)C)CC3)cc2)COC1. The van der Waals surface area contributed by atoms with Crippen LogP contribution in [-0.4, -0.2) is 82.3 Å². The molecule has 1 amide bonds. The van der Waals surface area contributed by atoms with Gasteiger partial charge in [0.2, 0.25) is 0 Å². The van der Waals surface area contributed by atoms with Crippen molar-refractivity contribution >= 4 is 29.4 Å². The lowest BCUT2D eigenvalue weighted by Crippen LogP contribution is -2.50. The number of benzene rings is 1. The van der Waals surface area contributed by atoms with Crippen LogP contribution in [0.2, 0.25) is 0 Å². The Hall–Kier alpha value is -3.27. The molecule has 33 heavy (non-hydrogen) atoms. The molecule has 1 saturated heterocycles. The maximum absolute atomic E-state index is 12.4. The number of methoxy groups -OCH3 is 2. The van der Waals surface area contributed by atoms with Crippen LogP contribution < -0.4 is 9.80 Å². The molecule has 0 aliphatic carbocycles. The average molecular weight is 462 g/mol. The van der Waals surface area contributed by atoms with Gasteiger partial charge in [0.15, 0.2) is 0 Å². The topological polar surface area (TPSA) is 97.9 Å². The summed E-state index contributed by atoms with van der Waals surface area (Å²) in [5.41, 5.74) is 1.35. The van der Waals surface area contributed by atoms with Gasteiger partial charge in [-0.2, -0.15) is 0 Å². The van der Waals surface area contributed by atoms with Gasteiger partial charge in [-0.25, -0.2) is 14.4 Å². The molecule has 0 unspecified atom stereocenters. The highest BCUT2D eigenvalue weighted by Crippen LogP contribution is 2.29. The van der Waals surface area contributed by atoms with Crippen LogP contribution in [0.25, 0.3) is 0 Å². The molecule has 1 aromatic carbocycles. The monoisotopic (exact) mass is 461 g/mol. The normalized spacial score (nSPS) is 17.1. The molecule has 0 radical (unpaired) electrons. The predicted molar refractivity (Wildman–Crippen MR) is 121 cm³/mol. The van der Waals surface area contributed by atoms with Gasteiger partial charge in [-0.15, -0.1) is 0 Å². The second kappa shape index (κ2) is 10.1. The number of hydrogen-bond acceptors (Lipinski definition) is 9. The fourth-order valence-corrected chi connectivity index (χ4v) is 3.66. The minimum Gasteiger partial charge on any atom is -0.466 e. The van der Waals surface area contributed by atoms with Gasteiger partial charge in [-0.05, 0) is 45.0 Å². The minimum absolute atomic E-state index is 0.0341. The molecule has 3 rings (SSSR count). The van der Waals surface area contributed by atoms with Crippen molar-refractivity contribution in [3.05, 3.63) is 35.5 Å². The van der Waals surface area contributed by atoms with Crippen LogP contribution in [0.3, 0.4) is 0 Å². The standard InChI is InChI=1S/C23H31N3O7/c1-23(2,3)33-22(29)25-12-10-24(11-13-25)16-6-8-17(9-7-16)26-15-32-14-18(20(27)30-4)19(26)21(28)31-5/h6-9H,10-15H2,1-5H3. The van der Waals surface area contributed by atoms with Crippen molar-refractivity contribution in [1.82, 2.24) is 4.90 Å². The minimum atomic E-state index is -0.639. The maximum Gasteiger partial charge on any atom is 0.410 e. The zero-order valence-electron chi connectivity index (χ0n) is 19.8. The van der Waals surface area contributed by atoms with Gasteiger partial charge in [-0.3, -0.25) is 0 Å². The van der Waals surface area contributed by atoms with Crippen molar-refractivity contribution in [2.75, 3.05) is 63.5 Å². The summed E-state index contributed by atoms with van der Waals surface area (Å²) >= 11 is 0. The molecular weight excluding hydrogens is 430 g/mol. The first-order valence-corrected chi connectivity index (χ1v) is 10.7. The van der Waals surface area contributed by atoms with Crippen molar-refractivity contribution in [3.63, 3.8) is 0 Å². The highest BCUT2D eigenvalue weighted by molar-refractivity contribution is 6.03. The van der Waals surface area contributed by atoms with E-state index in [2.05, 4.69) is 4.90 Å². The molecule has 10 heteroatoms. The molecule has 0 bridgehead atoms. The lowest BCUT2D eigenvalue weighted by Gasteiger charge is -2.37. The Bertz CT molecular complexity index is 913. The van der Waals surface area contributed by atoms with Gasteiger partial charge >= 0.3 is 18.0 Å². The molecular formula is C23H31N3O7. The van der Waals surface area contributed by atoms with Crippen LogP contribution >= 0.6 is 0 Å². The number of esters is 2. The first-order chi connectivity index (χ1) is 15.6. The Morgan fingerprint density at radius 2 is 1.45 bits per heavy atom. The Labute approximate surface area is 193 Å². The number of nitrogens with zero attached hydrogens (tertiary/aromatic N) is 3. The van der Waals surface area contributed by atoms with Crippen LogP contribution in [0.5, 0.6) is 0 Å². The number of ether oxygens (including phenoxy) is 4. The van der Waals surface area contributed by atoms with E-state index in [4.69, 9.17) is 18.9 Å². The quantitative estimate of drug-likeness (QED) is 0.493. The number of carbonyl (C=O) groups excluding carboxylic acids is 3. The lowest BCUT2D eigenvalue weighted by atomic mass is 10.1. The van der Waals surface area contributed by atoms with Gasteiger partial charge in [0.25, 0.3) is 0 Å². The molecule has 0 saturated carbocycles. The Balaban J connectivity index is 1.72. The smallest absolute Gasteiger partial charge is 0.410 e. The molecule has 2 aliphatic heterocycles. The average Bonchev–Trinajstić information content (AvgIpc) is 2.81. The van der Waals surface area contributed by atoms with Crippen molar-refractivity contribution in [2.45, 2.75) is 26.4 Å². The van der Waals surface area contributed by atoms with Crippen LogP contribution in [-0.2, 0) is 28.5 Å². The molecule has 10 nitrogen and oxygen atoms in total. The summed E-state index contributed by atoms with van der Waals surface area (Å²) in [6.45, 7) is 8.09. The van der Waals surface area contributed by atoms with Crippen LogP contribution in [0.15, 0.2) is 35.5 Å². The Morgan fingerprint density at radius 1 is 0.879 bits per heavy atom. The number of rotatable bonds is 4. The zero-order chi connectivity index (χ0) is 24.2. The van der Waals surface area contributed by atoms with Crippen LogP contribution in [0, 0.1) is 0 Å². The Morgan fingerprint density at radius 3 is 2.00 bits per heavy atom. The number of hydrogen-bond donors (Lipinski definition) is 0. The van der Waals surface area contributed by atoms with Gasteiger partial charge < -0.3 is 33.6 Å². The third-order valence-electron chi connectivity index (χ3n) is 5.29. The second-order valence-corrected chi connectivity index (χ2v) is 8.69. The number of piperazine rings is 1. The second-order valence-electron chi connectivity index (χ2n) is 8.69. The molecule has 1 fully saturated rings. The van der Waals surface area contributed by atoms with E-state index in [1.165, 1.54) is 14.2 Å². The Kier molecular flexibility index (Phi) is 7.47. The molecule has 0 aromatic heterocycles. The van der Waals surface area contributed by atoms with E-state index >= 15 is 0 Å². The maximum atomic E-state index is 12.4. The van der Waals surface area contributed by atoms with Crippen molar-refractivity contribution < 1.29 is 33.3 Å². The fraction of sp³-hybridized carbons (Fsp3) is 0.522. The van der Waals surface area contributed by atoms with E-state index in [-0.39, 0.29) is 30.7 Å². The highest BCUT2D eigenvalue weighted by Gasteiger charge is 2.32. The van der Waals surface area contributed by atoms with E-state index in [0.717, 1.165) is 5.69 Å². The molecule has 180 valence electrons. The largest absolute Gasteiger partial charge is 0.466 e. The lowest BCUT2D eigenvalue weighted by molar-refractivity contribution is -0.140. The third-order valence-corrected chi connectivity index (χ3v) is 5.29. The van der Waals surface area contributed by atoms with E-state index in [0.29, 0.717) is 31.9 Å². The van der Waals surface area contributed by atoms with Crippen molar-refractivity contribution in [1.29, 1.82) is 0 Å². The van der Waals surface area contributed by atoms with Crippen LogP contribution in [0.4, 0.5) is 16.2 Å². The van der Waals surface area contributed by atoms with E-state index in [1.54, 1.807) is 9.80 Å². The summed E-state index contributed by atoms with van der Waals surface area (Å²) in [5, 5.41) is 0. The third kappa shape index (κ3) is 5.75. The van der Waals surface area contributed by atoms with Gasteiger partial charge in [0.05, 0.1) is 26.4 Å². The van der Waals surface area contributed by atoms with Crippen molar-refractivity contribution in [2.24, 2.45) is 0 Å². The van der Waals surface area contributed by atoms with Gasteiger partial charge in [-0.1, -0.05) is 0 Å². The summed E-state index contributed by atoms with van der Waals surface area (Å²) in [6.07, 6.45) is -0.300. The summed E-state index contributed by atoms with van der Waals surface area (Å²) in [5.74, 6) is -1.28. The highest BCUT2D eigenvalue weighted by atomic mass is 16.6. The molecule has 1 aromatic rings. The molecule has 0 atom stereocenters. The molecule has 0 N–H and O–H groups in total. The summed E-state index contributed by atoms with van der Waals surface area (Å²) in [4.78, 5) is 42.3. The fourth-order valence-electron chi connectivity index (χ4n) is 3.66. The van der Waals surface area contributed by atoms with E-state index < -0.39 is 17.5 Å². The predicted octanol–water partition coefficient (Wildman–Crippen LogP) is 2.14. The first-order valence-electron chi connectivity index (χ1n) is 10.7. The first kappa shape index (κ1) is 24.4. The molecule has 2 aliphatic rings. The number of carbonyl (C=O) groups is 3. The van der Waals surface area contributed by atoms with E-state index in [9.17, 15) is 14.4 Å².